The summed E-state index contributed by atoms with van der Waals surface area (Å²) in [6.45, 7) is 3.34. The topological polar surface area (TPSA) is 115 Å². The van der Waals surface area contributed by atoms with Gasteiger partial charge in [0.15, 0.2) is 0 Å². The molecule has 1 aromatic rings. The zero-order valence-electron chi connectivity index (χ0n) is 20.8. The molecule has 36 heavy (non-hydrogen) atoms. The molecule has 4 atom stereocenters. The number of hydrogen-bond acceptors (Lipinski definition) is 6. The Morgan fingerprint density at radius 2 is 2.11 bits per heavy atom. The summed E-state index contributed by atoms with van der Waals surface area (Å²) in [5.41, 5.74) is 5.61. The second-order valence-corrected chi connectivity index (χ2v) is 9.97. The van der Waals surface area contributed by atoms with Crippen molar-refractivity contribution in [2.24, 2.45) is 17.6 Å². The third-order valence-corrected chi connectivity index (χ3v) is 6.88. The quantitative estimate of drug-likeness (QED) is 0.379. The van der Waals surface area contributed by atoms with Crippen LogP contribution in [-0.2, 0) is 14.2 Å². The molecule has 3 amide bonds. The molecule has 0 saturated carbocycles. The second-order valence-electron chi connectivity index (χ2n) is 9.53. The van der Waals surface area contributed by atoms with Gasteiger partial charge in [-0.25, -0.2) is 14.0 Å². The van der Waals surface area contributed by atoms with Crippen LogP contribution >= 0.6 is 11.6 Å². The Hall–Kier alpha value is -2.14. The van der Waals surface area contributed by atoms with Gasteiger partial charge in [0.2, 0.25) is 0 Å². The van der Waals surface area contributed by atoms with E-state index < -0.39 is 18.0 Å². The number of nitrogens with zero attached hydrogens (tertiary/aromatic N) is 1. The lowest BCUT2D eigenvalue weighted by Gasteiger charge is -2.38. The first kappa shape index (κ1) is 28.4. The summed E-state index contributed by atoms with van der Waals surface area (Å²) in [5, 5.41) is 6.63. The molecule has 0 aliphatic carbocycles. The van der Waals surface area contributed by atoms with Crippen LogP contribution in [0, 0.1) is 17.7 Å². The van der Waals surface area contributed by atoms with E-state index in [1.807, 2.05) is 7.05 Å². The minimum atomic E-state index is -0.889. The highest BCUT2D eigenvalue weighted by Crippen LogP contribution is 2.34. The third-order valence-electron chi connectivity index (χ3n) is 6.66. The molecule has 202 valence electrons. The number of likely N-dealkylation sites (tertiary alicyclic amines) is 1. The number of nitrogens with two attached hydrogens (primary N) is 1. The maximum atomic E-state index is 14.1. The minimum Gasteiger partial charge on any atom is -0.447 e. The highest BCUT2D eigenvalue weighted by Gasteiger charge is 2.32. The van der Waals surface area contributed by atoms with Gasteiger partial charge in [0.1, 0.15) is 12.4 Å². The number of likely N-dealkylation sites (N-methyl/N-ethyl adjacent to an activating group) is 1. The van der Waals surface area contributed by atoms with Crippen LogP contribution in [0.1, 0.15) is 43.8 Å². The highest BCUT2D eigenvalue weighted by atomic mass is 35.5. The molecule has 0 bridgehead atoms. The number of hydrogen-bond donors (Lipinski definition) is 3. The summed E-state index contributed by atoms with van der Waals surface area (Å²) in [5.74, 6) is -0.124. The SMILES string of the molecule is CNC[C@H](C[C@@H]1CCCOC1)NC(=O)N1CCC[C@@H]([C@@H](OCCOC(N)=O)c2cc(F)cc(Cl)c2)C1. The second kappa shape index (κ2) is 14.6. The molecule has 2 saturated heterocycles. The van der Waals surface area contributed by atoms with Gasteiger partial charge in [0.25, 0.3) is 0 Å². The first-order valence-electron chi connectivity index (χ1n) is 12.6. The van der Waals surface area contributed by atoms with Gasteiger partial charge in [0.05, 0.1) is 12.7 Å². The summed E-state index contributed by atoms with van der Waals surface area (Å²) < 4.78 is 30.6. The molecule has 0 unspecified atom stereocenters. The zero-order valence-corrected chi connectivity index (χ0v) is 21.6. The van der Waals surface area contributed by atoms with Gasteiger partial charge in [-0.05, 0) is 68.8 Å². The molecule has 2 aliphatic rings. The van der Waals surface area contributed by atoms with E-state index in [-0.39, 0.29) is 36.2 Å². The first-order valence-corrected chi connectivity index (χ1v) is 13.0. The van der Waals surface area contributed by atoms with Gasteiger partial charge in [-0.2, -0.15) is 0 Å². The Morgan fingerprint density at radius 3 is 2.81 bits per heavy atom. The van der Waals surface area contributed by atoms with Gasteiger partial charge in [-0.1, -0.05) is 11.6 Å². The summed E-state index contributed by atoms with van der Waals surface area (Å²) in [6.07, 6.45) is 3.17. The van der Waals surface area contributed by atoms with Crippen molar-refractivity contribution in [1.29, 1.82) is 0 Å². The van der Waals surface area contributed by atoms with Crippen LogP contribution in [-0.4, -0.2) is 76.2 Å². The molecule has 3 rings (SSSR count). The minimum absolute atomic E-state index is 0.00500. The number of amides is 3. The van der Waals surface area contributed by atoms with Crippen molar-refractivity contribution in [3.8, 4) is 0 Å². The summed E-state index contributed by atoms with van der Waals surface area (Å²) in [7, 11) is 1.88. The fourth-order valence-electron chi connectivity index (χ4n) is 5.10. The van der Waals surface area contributed by atoms with Gasteiger partial charge in [-0.15, -0.1) is 0 Å². The Kier molecular flexibility index (Phi) is 11.5. The van der Waals surface area contributed by atoms with Crippen molar-refractivity contribution in [2.75, 3.05) is 53.1 Å². The fraction of sp³-hybridized carbons (Fsp3) is 0.680. The monoisotopic (exact) mass is 528 g/mol. The molecule has 2 fully saturated rings. The largest absolute Gasteiger partial charge is 0.447 e. The van der Waals surface area contributed by atoms with Crippen molar-refractivity contribution in [2.45, 2.75) is 44.2 Å². The van der Waals surface area contributed by atoms with Crippen molar-refractivity contribution >= 4 is 23.7 Å². The average Bonchev–Trinajstić information content (AvgIpc) is 2.84. The Bertz CT molecular complexity index is 837. The van der Waals surface area contributed by atoms with Crippen LogP contribution in [0.3, 0.4) is 0 Å². The normalized spacial score (nSPS) is 22.0. The van der Waals surface area contributed by atoms with Gasteiger partial charge < -0.3 is 35.5 Å². The van der Waals surface area contributed by atoms with Gasteiger partial charge in [0, 0.05) is 49.8 Å². The molecule has 2 heterocycles. The lowest BCUT2D eigenvalue weighted by Crippen LogP contribution is -2.52. The molecule has 9 nitrogen and oxygen atoms in total. The zero-order chi connectivity index (χ0) is 25.9. The number of nitrogens with one attached hydrogen (secondary N) is 2. The molecule has 4 N–H and O–H groups in total. The number of urea groups is 1. The standard InChI is InChI=1S/C25H38ClFN4O5/c1-29-14-22(10-17-4-3-7-34-16-17)30-25(33)31-6-2-5-18(15-31)23(35-8-9-36-24(28)32)19-11-20(26)13-21(27)12-19/h11-13,17-18,22-23,29H,2-10,14-16H2,1H3,(H2,28,32)(H,30,33)/t17-,18+,22-,23+/m0/s1. The molecular weight excluding hydrogens is 491 g/mol. The molecule has 2 aliphatic heterocycles. The van der Waals surface area contributed by atoms with Gasteiger partial charge in [-0.3, -0.25) is 0 Å². The Labute approximate surface area is 217 Å². The number of ether oxygens (including phenoxy) is 3. The van der Waals surface area contributed by atoms with E-state index in [2.05, 4.69) is 10.6 Å². The maximum absolute atomic E-state index is 14.1. The smallest absolute Gasteiger partial charge is 0.404 e. The molecule has 0 radical (unpaired) electrons. The number of piperidine rings is 1. The van der Waals surface area contributed by atoms with E-state index in [0.29, 0.717) is 31.1 Å². The van der Waals surface area contributed by atoms with E-state index in [4.69, 9.17) is 31.5 Å². The number of halogens is 2. The summed E-state index contributed by atoms with van der Waals surface area (Å²) >= 11 is 6.11. The maximum Gasteiger partial charge on any atom is 0.404 e. The predicted molar refractivity (Wildman–Crippen MR) is 134 cm³/mol. The van der Waals surface area contributed by atoms with E-state index in [9.17, 15) is 14.0 Å². The van der Waals surface area contributed by atoms with Crippen molar-refractivity contribution in [3.63, 3.8) is 0 Å². The van der Waals surface area contributed by atoms with E-state index in [0.717, 1.165) is 45.3 Å². The van der Waals surface area contributed by atoms with Gasteiger partial charge >= 0.3 is 12.1 Å². The van der Waals surface area contributed by atoms with Crippen molar-refractivity contribution < 1.29 is 28.2 Å². The number of carbonyl (C=O) groups is 2. The van der Waals surface area contributed by atoms with E-state index in [1.54, 1.807) is 11.0 Å². The first-order chi connectivity index (χ1) is 17.4. The van der Waals surface area contributed by atoms with E-state index in [1.165, 1.54) is 12.1 Å². The summed E-state index contributed by atoms with van der Waals surface area (Å²) in [4.78, 5) is 25.9. The van der Waals surface area contributed by atoms with Crippen molar-refractivity contribution in [1.82, 2.24) is 15.5 Å². The van der Waals surface area contributed by atoms with Crippen LogP contribution in [0.4, 0.5) is 14.0 Å². The number of rotatable bonds is 11. The molecule has 1 aromatic carbocycles. The van der Waals surface area contributed by atoms with Crippen LogP contribution in [0.5, 0.6) is 0 Å². The Morgan fingerprint density at radius 1 is 1.28 bits per heavy atom. The predicted octanol–water partition coefficient (Wildman–Crippen LogP) is 3.46. The van der Waals surface area contributed by atoms with Crippen LogP contribution in [0.2, 0.25) is 5.02 Å². The highest BCUT2D eigenvalue weighted by molar-refractivity contribution is 6.30. The summed E-state index contributed by atoms with van der Waals surface area (Å²) in [6, 6.07) is 4.16. The lowest BCUT2D eigenvalue weighted by molar-refractivity contribution is -0.0259. The van der Waals surface area contributed by atoms with Crippen LogP contribution in [0.15, 0.2) is 18.2 Å². The average molecular weight is 529 g/mol. The number of primary amides is 1. The molecular formula is C25H38ClFN4O5. The number of benzene rings is 1. The lowest BCUT2D eigenvalue weighted by atomic mass is 9.88. The molecule has 0 aromatic heterocycles. The molecule has 11 heteroatoms. The van der Waals surface area contributed by atoms with Crippen LogP contribution < -0.4 is 16.4 Å². The van der Waals surface area contributed by atoms with E-state index >= 15 is 0 Å². The van der Waals surface area contributed by atoms with Crippen molar-refractivity contribution in [3.05, 3.63) is 34.6 Å². The Balaban J connectivity index is 1.65. The third kappa shape index (κ3) is 9.06. The fourth-order valence-corrected chi connectivity index (χ4v) is 5.33. The van der Waals surface area contributed by atoms with Crippen LogP contribution in [0.25, 0.3) is 0 Å². The molecule has 0 spiro atoms. The number of carbonyl (C=O) groups excluding carboxylic acids is 2.